The molecular weight excluding hydrogens is 246 g/mol. The quantitative estimate of drug-likeness (QED) is 0.831. The van der Waals surface area contributed by atoms with Crippen LogP contribution in [0.4, 0.5) is 5.69 Å². The molecule has 0 radical (unpaired) electrons. The summed E-state index contributed by atoms with van der Waals surface area (Å²) in [4.78, 5) is 12.0. The topological polar surface area (TPSA) is 79.4 Å². The first-order valence-corrected chi connectivity index (χ1v) is 6.66. The van der Waals surface area contributed by atoms with E-state index in [1.165, 1.54) is 4.68 Å². The second-order valence-corrected chi connectivity index (χ2v) is 4.93. The molecule has 0 aliphatic carbocycles. The number of carbonyl (C=O) groups excluding carboxylic acids is 1. The minimum Gasteiger partial charge on any atom is -0.458 e. The van der Waals surface area contributed by atoms with E-state index in [1.54, 1.807) is 7.05 Å². The van der Waals surface area contributed by atoms with E-state index in [9.17, 15) is 4.79 Å². The number of hydrogen-bond acceptors (Lipinski definition) is 5. The molecule has 0 aromatic carbocycles. The normalized spacial score (nSPS) is 22.7. The summed E-state index contributed by atoms with van der Waals surface area (Å²) in [6.07, 6.45) is 2.87. The second-order valence-electron chi connectivity index (χ2n) is 4.93. The van der Waals surface area contributed by atoms with Gasteiger partial charge in [0.05, 0.1) is 23.6 Å². The molecule has 2 N–H and O–H groups in total. The first-order valence-electron chi connectivity index (χ1n) is 6.66. The Morgan fingerprint density at radius 2 is 2.32 bits per heavy atom. The number of hydrogen-bond donors (Lipinski definition) is 1. The van der Waals surface area contributed by atoms with Gasteiger partial charge in [0, 0.05) is 7.05 Å². The summed E-state index contributed by atoms with van der Waals surface area (Å²) in [5.74, 6) is -0.435. The Kier molecular flexibility index (Phi) is 4.09. The van der Waals surface area contributed by atoms with Crippen molar-refractivity contribution in [2.75, 3.05) is 12.3 Å². The molecule has 6 heteroatoms. The lowest BCUT2D eigenvalue weighted by Crippen LogP contribution is -2.21. The number of nitrogen functional groups attached to an aromatic ring is 1. The minimum absolute atomic E-state index is 0.000882. The van der Waals surface area contributed by atoms with E-state index >= 15 is 0 Å². The third-order valence-corrected chi connectivity index (χ3v) is 3.41. The molecule has 6 nitrogen and oxygen atoms in total. The first kappa shape index (κ1) is 13.9. The molecule has 19 heavy (non-hydrogen) atoms. The summed E-state index contributed by atoms with van der Waals surface area (Å²) in [5, 5.41) is 4.20. The van der Waals surface area contributed by atoms with Crippen molar-refractivity contribution in [3.63, 3.8) is 0 Å². The van der Waals surface area contributed by atoms with Gasteiger partial charge in [-0.05, 0) is 26.2 Å². The van der Waals surface area contributed by atoms with E-state index in [0.717, 1.165) is 18.5 Å². The largest absolute Gasteiger partial charge is 0.458 e. The van der Waals surface area contributed by atoms with Crippen LogP contribution >= 0.6 is 0 Å². The minimum atomic E-state index is -0.435. The predicted molar refractivity (Wildman–Crippen MR) is 70.8 cm³/mol. The third kappa shape index (κ3) is 2.89. The second kappa shape index (κ2) is 5.61. The fourth-order valence-corrected chi connectivity index (χ4v) is 2.34. The molecule has 0 amide bonds. The third-order valence-electron chi connectivity index (χ3n) is 3.41. The molecule has 106 valence electrons. The fraction of sp³-hybridized carbons (Fsp3) is 0.692. The van der Waals surface area contributed by atoms with E-state index in [-0.39, 0.29) is 18.8 Å². The highest BCUT2D eigenvalue weighted by molar-refractivity contribution is 5.93. The number of ether oxygens (including phenoxy) is 2. The highest BCUT2D eigenvalue weighted by atomic mass is 16.6. The predicted octanol–water partition coefficient (Wildman–Crippen LogP) is 1.29. The van der Waals surface area contributed by atoms with E-state index < -0.39 is 5.97 Å². The van der Waals surface area contributed by atoms with Crippen molar-refractivity contribution >= 4 is 11.7 Å². The monoisotopic (exact) mass is 267 g/mol. The number of rotatable bonds is 4. The zero-order valence-electron chi connectivity index (χ0n) is 11.7. The van der Waals surface area contributed by atoms with Crippen molar-refractivity contribution in [3.8, 4) is 0 Å². The SMILES string of the molecule is CCc1nn(C)c(C(=O)OCC2CCC(C)O2)c1N. The van der Waals surface area contributed by atoms with E-state index in [0.29, 0.717) is 17.8 Å². The standard InChI is InChI=1S/C13H21N3O3/c1-4-10-11(14)12(16(3)15-10)13(17)18-7-9-6-5-8(2)19-9/h8-9H,4-7,14H2,1-3H3. The van der Waals surface area contributed by atoms with Crippen LogP contribution in [0, 0.1) is 0 Å². The number of aromatic nitrogens is 2. The zero-order valence-corrected chi connectivity index (χ0v) is 11.7. The van der Waals surface area contributed by atoms with E-state index in [2.05, 4.69) is 5.10 Å². The van der Waals surface area contributed by atoms with Crippen molar-refractivity contribution in [1.82, 2.24) is 9.78 Å². The number of nitrogens with zero attached hydrogens (tertiary/aromatic N) is 2. The molecule has 2 heterocycles. The van der Waals surface area contributed by atoms with Gasteiger partial charge in [0.2, 0.25) is 0 Å². The smallest absolute Gasteiger partial charge is 0.358 e. The van der Waals surface area contributed by atoms with Gasteiger partial charge >= 0.3 is 5.97 Å². The number of esters is 1. The van der Waals surface area contributed by atoms with Gasteiger partial charge in [0.25, 0.3) is 0 Å². The van der Waals surface area contributed by atoms with Crippen molar-refractivity contribution in [3.05, 3.63) is 11.4 Å². The van der Waals surface area contributed by atoms with Crippen molar-refractivity contribution in [1.29, 1.82) is 0 Å². The van der Waals surface area contributed by atoms with Gasteiger partial charge in [0.1, 0.15) is 6.61 Å². The van der Waals surface area contributed by atoms with Gasteiger partial charge in [-0.25, -0.2) is 4.79 Å². The average molecular weight is 267 g/mol. The highest BCUT2D eigenvalue weighted by Crippen LogP contribution is 2.21. The number of nitrogens with two attached hydrogens (primary N) is 1. The summed E-state index contributed by atoms with van der Waals surface area (Å²) in [6.45, 7) is 4.24. The Morgan fingerprint density at radius 1 is 1.58 bits per heavy atom. The molecule has 0 saturated carbocycles. The van der Waals surface area contributed by atoms with Crippen molar-refractivity contribution in [2.24, 2.45) is 7.05 Å². The summed E-state index contributed by atoms with van der Waals surface area (Å²) >= 11 is 0. The lowest BCUT2D eigenvalue weighted by atomic mass is 10.2. The average Bonchev–Trinajstić information content (AvgIpc) is 2.90. The summed E-state index contributed by atoms with van der Waals surface area (Å²) in [5.41, 5.74) is 7.36. The molecule has 2 atom stereocenters. The van der Waals surface area contributed by atoms with Gasteiger partial charge in [-0.1, -0.05) is 6.92 Å². The lowest BCUT2D eigenvalue weighted by Gasteiger charge is -2.11. The van der Waals surface area contributed by atoms with Crippen molar-refractivity contribution < 1.29 is 14.3 Å². The summed E-state index contributed by atoms with van der Waals surface area (Å²) < 4.78 is 12.4. The number of anilines is 1. The molecule has 1 saturated heterocycles. The fourth-order valence-electron chi connectivity index (χ4n) is 2.34. The van der Waals surface area contributed by atoms with Gasteiger partial charge in [-0.15, -0.1) is 0 Å². The molecule has 1 fully saturated rings. The maximum Gasteiger partial charge on any atom is 0.358 e. The van der Waals surface area contributed by atoms with Crippen LogP contribution in [0.25, 0.3) is 0 Å². The number of aryl methyl sites for hydroxylation is 2. The van der Waals surface area contributed by atoms with Crippen LogP contribution in [0.3, 0.4) is 0 Å². The van der Waals surface area contributed by atoms with Crippen LogP contribution in [0.1, 0.15) is 42.9 Å². The molecule has 0 spiro atoms. The Bertz CT molecular complexity index is 470. The lowest BCUT2D eigenvalue weighted by molar-refractivity contribution is -0.00320. The van der Waals surface area contributed by atoms with Crippen LogP contribution < -0.4 is 5.73 Å². The van der Waals surface area contributed by atoms with Crippen LogP contribution in [0.5, 0.6) is 0 Å². The van der Waals surface area contributed by atoms with Crippen molar-refractivity contribution in [2.45, 2.75) is 45.3 Å². The van der Waals surface area contributed by atoms with Gasteiger partial charge < -0.3 is 15.2 Å². The van der Waals surface area contributed by atoms with E-state index in [4.69, 9.17) is 15.2 Å². The molecule has 1 aliphatic heterocycles. The van der Waals surface area contributed by atoms with Gasteiger partial charge in [0.15, 0.2) is 5.69 Å². The zero-order chi connectivity index (χ0) is 14.0. The van der Waals surface area contributed by atoms with Crippen LogP contribution in [0.15, 0.2) is 0 Å². The first-order chi connectivity index (χ1) is 9.02. The Labute approximate surface area is 112 Å². The molecule has 1 aromatic heterocycles. The molecule has 2 rings (SSSR count). The maximum atomic E-state index is 12.0. The molecule has 2 unspecified atom stereocenters. The van der Waals surface area contributed by atoms with Crippen LogP contribution in [-0.2, 0) is 22.9 Å². The molecule has 1 aliphatic rings. The van der Waals surface area contributed by atoms with Crippen LogP contribution in [0.2, 0.25) is 0 Å². The number of carbonyl (C=O) groups is 1. The summed E-state index contributed by atoms with van der Waals surface area (Å²) in [6, 6.07) is 0. The van der Waals surface area contributed by atoms with Gasteiger partial charge in [-0.3, -0.25) is 4.68 Å². The van der Waals surface area contributed by atoms with Crippen LogP contribution in [-0.4, -0.2) is 34.6 Å². The molecule has 1 aromatic rings. The highest BCUT2D eigenvalue weighted by Gasteiger charge is 2.25. The Balaban J connectivity index is 1.98. The molecule has 0 bridgehead atoms. The maximum absolute atomic E-state index is 12.0. The molecular formula is C13H21N3O3. The van der Waals surface area contributed by atoms with Gasteiger partial charge in [-0.2, -0.15) is 5.10 Å². The summed E-state index contributed by atoms with van der Waals surface area (Å²) in [7, 11) is 1.69. The van der Waals surface area contributed by atoms with E-state index in [1.807, 2.05) is 13.8 Å². The Hall–Kier alpha value is -1.56. The Morgan fingerprint density at radius 3 is 2.84 bits per heavy atom.